The number of hydrogen-bond donors (Lipinski definition) is 0. The molecule has 0 atom stereocenters. The Hall–Kier alpha value is -1.02. The van der Waals surface area contributed by atoms with Gasteiger partial charge in [-0.1, -0.05) is 17.1 Å². The van der Waals surface area contributed by atoms with Crippen LogP contribution >= 0.6 is 0 Å². The van der Waals surface area contributed by atoms with Crippen molar-refractivity contribution in [1.82, 2.24) is 0 Å². The van der Waals surface area contributed by atoms with Gasteiger partial charge in [-0.15, -0.1) is 19.7 Å². The molecular weight excluding hydrogens is 266 g/mol. The lowest BCUT2D eigenvalue weighted by molar-refractivity contribution is -0.301. The molecule has 0 aromatic rings. The van der Waals surface area contributed by atoms with Crippen LogP contribution in [0.4, 0.5) is 26.3 Å². The highest BCUT2D eigenvalue weighted by Gasteiger charge is 2.59. The lowest BCUT2D eigenvalue weighted by atomic mass is 10.3. The van der Waals surface area contributed by atoms with Crippen molar-refractivity contribution in [1.29, 1.82) is 0 Å². The molecular formula is C9H10F6OSi. The van der Waals surface area contributed by atoms with E-state index in [4.69, 9.17) is 0 Å². The number of alkyl halides is 6. The lowest BCUT2D eigenvalue weighted by Crippen LogP contribution is -2.51. The summed E-state index contributed by atoms with van der Waals surface area (Å²) < 4.78 is 77.5. The minimum Gasteiger partial charge on any atom is -0.387 e. The van der Waals surface area contributed by atoms with Gasteiger partial charge in [0, 0.05) is 0 Å². The van der Waals surface area contributed by atoms with E-state index >= 15 is 0 Å². The maximum absolute atomic E-state index is 12.2. The van der Waals surface area contributed by atoms with Crippen LogP contribution < -0.4 is 0 Å². The first kappa shape index (κ1) is 16.0. The van der Waals surface area contributed by atoms with E-state index in [1.165, 1.54) is 0 Å². The van der Waals surface area contributed by atoms with Crippen molar-refractivity contribution < 1.29 is 30.8 Å². The van der Waals surface area contributed by atoms with E-state index in [9.17, 15) is 26.3 Å². The van der Waals surface area contributed by atoms with Gasteiger partial charge >= 0.3 is 12.4 Å². The third-order valence-electron chi connectivity index (χ3n) is 1.87. The largest absolute Gasteiger partial charge is 0.422 e. The Bertz CT molecular complexity index is 270. The van der Waals surface area contributed by atoms with E-state index in [-0.39, 0.29) is 0 Å². The molecule has 0 aliphatic heterocycles. The molecule has 1 nitrogen and oxygen atoms in total. The summed E-state index contributed by atoms with van der Waals surface area (Å²) in [6.45, 7) is 9.45. The summed E-state index contributed by atoms with van der Waals surface area (Å²) in [4.78, 5) is 0. The summed E-state index contributed by atoms with van der Waals surface area (Å²) in [6, 6.07) is 0. The van der Waals surface area contributed by atoms with E-state index in [1.807, 2.05) is 0 Å². The third kappa shape index (κ3) is 4.04. The molecule has 8 heteroatoms. The Labute approximate surface area is 95.2 Å². The van der Waals surface area contributed by atoms with Crippen molar-refractivity contribution in [2.45, 2.75) is 18.5 Å². The van der Waals surface area contributed by atoms with Gasteiger partial charge in [-0.05, 0) is 0 Å². The molecule has 0 unspecified atom stereocenters. The fraction of sp³-hybridized carbons (Fsp3) is 0.333. The molecule has 0 spiro atoms. The van der Waals surface area contributed by atoms with Gasteiger partial charge in [0.05, 0.1) is 0 Å². The van der Waals surface area contributed by atoms with Gasteiger partial charge in [0.15, 0.2) is 0 Å². The van der Waals surface area contributed by atoms with Crippen molar-refractivity contribution >= 4 is 8.32 Å². The first-order chi connectivity index (χ1) is 7.52. The van der Waals surface area contributed by atoms with Gasteiger partial charge in [0.1, 0.15) is 0 Å². The molecule has 0 rings (SSSR count). The third-order valence-corrected chi connectivity index (χ3v) is 4.43. The van der Waals surface area contributed by atoms with Gasteiger partial charge in [0.25, 0.3) is 8.32 Å². The van der Waals surface area contributed by atoms with Crippen LogP contribution in [0.3, 0.4) is 0 Å². The molecule has 0 bridgehead atoms. The molecule has 0 amide bonds. The Morgan fingerprint density at radius 2 is 1.12 bits per heavy atom. The maximum Gasteiger partial charge on any atom is 0.422 e. The highest BCUT2D eigenvalue weighted by molar-refractivity contribution is 6.87. The fourth-order valence-electron chi connectivity index (χ4n) is 0.918. The van der Waals surface area contributed by atoms with Crippen LogP contribution in [-0.4, -0.2) is 26.8 Å². The maximum atomic E-state index is 12.2. The summed E-state index contributed by atoms with van der Waals surface area (Å²) in [5.74, 6) is 0. The molecule has 0 heterocycles. The van der Waals surface area contributed by atoms with E-state index in [0.717, 1.165) is 17.1 Å². The SMILES string of the molecule is C=C[Si](C=C)(C=C)OC(C(F)(F)F)C(F)(F)F. The molecule has 0 saturated carbocycles. The second-order valence-electron chi connectivity index (χ2n) is 3.05. The zero-order valence-corrected chi connectivity index (χ0v) is 9.61. The van der Waals surface area contributed by atoms with Crippen LogP contribution in [0.15, 0.2) is 36.8 Å². The smallest absolute Gasteiger partial charge is 0.387 e. The number of halogens is 6. The molecule has 0 aromatic heterocycles. The van der Waals surface area contributed by atoms with Gasteiger partial charge in [-0.25, -0.2) is 0 Å². The Balaban J connectivity index is 5.33. The Morgan fingerprint density at radius 3 is 1.29 bits per heavy atom. The van der Waals surface area contributed by atoms with E-state index in [1.54, 1.807) is 0 Å². The predicted molar refractivity (Wildman–Crippen MR) is 53.3 cm³/mol. The van der Waals surface area contributed by atoms with E-state index in [0.29, 0.717) is 0 Å². The van der Waals surface area contributed by atoms with Crippen LogP contribution in [0.1, 0.15) is 0 Å². The van der Waals surface area contributed by atoms with Gasteiger partial charge in [0.2, 0.25) is 6.10 Å². The van der Waals surface area contributed by atoms with Crippen LogP contribution in [0, 0.1) is 0 Å². The molecule has 0 radical (unpaired) electrons. The van der Waals surface area contributed by atoms with E-state index in [2.05, 4.69) is 24.2 Å². The zero-order chi connectivity index (χ0) is 13.9. The zero-order valence-electron chi connectivity index (χ0n) is 8.61. The van der Waals surface area contributed by atoms with Crippen molar-refractivity contribution in [3.8, 4) is 0 Å². The van der Waals surface area contributed by atoms with Crippen LogP contribution in [0.5, 0.6) is 0 Å². The van der Waals surface area contributed by atoms with Crippen LogP contribution in [0.25, 0.3) is 0 Å². The molecule has 98 valence electrons. The second-order valence-corrected chi connectivity index (χ2v) is 6.21. The minimum atomic E-state index is -5.55. The first-order valence-electron chi connectivity index (χ1n) is 4.24. The van der Waals surface area contributed by atoms with Gasteiger partial charge in [-0.2, -0.15) is 26.3 Å². The quantitative estimate of drug-likeness (QED) is 0.550. The fourth-order valence-corrected chi connectivity index (χ4v) is 2.38. The molecule has 0 N–H and O–H groups in total. The molecule has 17 heavy (non-hydrogen) atoms. The van der Waals surface area contributed by atoms with Crippen molar-refractivity contribution in [2.75, 3.05) is 0 Å². The normalized spacial score (nSPS) is 13.6. The predicted octanol–water partition coefficient (Wildman–Crippen LogP) is 3.62. The number of rotatable bonds is 5. The molecule has 0 saturated heterocycles. The van der Waals surface area contributed by atoms with Crippen molar-refractivity contribution in [3.05, 3.63) is 36.8 Å². The highest BCUT2D eigenvalue weighted by Crippen LogP contribution is 2.37. The lowest BCUT2D eigenvalue weighted by Gasteiger charge is -2.30. The topological polar surface area (TPSA) is 9.23 Å². The molecule has 0 aliphatic carbocycles. The van der Waals surface area contributed by atoms with Gasteiger partial charge < -0.3 is 4.43 Å². The first-order valence-corrected chi connectivity index (χ1v) is 6.38. The summed E-state index contributed by atoms with van der Waals surface area (Å²) in [5, 5.41) is 0. The molecule has 0 fully saturated rings. The highest BCUT2D eigenvalue weighted by atomic mass is 28.4. The average Bonchev–Trinajstić information content (AvgIpc) is 2.17. The Kier molecular flexibility index (Phi) is 4.78. The van der Waals surface area contributed by atoms with Crippen molar-refractivity contribution in [3.63, 3.8) is 0 Å². The molecule has 0 aliphatic rings. The van der Waals surface area contributed by atoms with E-state index < -0.39 is 26.8 Å². The average molecular weight is 276 g/mol. The summed E-state index contributed by atoms with van der Waals surface area (Å²) in [6.07, 6.45) is -15.0. The minimum absolute atomic E-state index is 0.886. The Morgan fingerprint density at radius 1 is 0.824 bits per heavy atom. The summed E-state index contributed by atoms with van der Waals surface area (Å²) in [5.41, 5.74) is 2.66. The van der Waals surface area contributed by atoms with Crippen LogP contribution in [0.2, 0.25) is 0 Å². The summed E-state index contributed by atoms with van der Waals surface area (Å²) >= 11 is 0. The van der Waals surface area contributed by atoms with Crippen molar-refractivity contribution in [2.24, 2.45) is 0 Å². The van der Waals surface area contributed by atoms with Crippen LogP contribution in [-0.2, 0) is 4.43 Å². The second kappa shape index (κ2) is 5.09. The van der Waals surface area contributed by atoms with Gasteiger partial charge in [-0.3, -0.25) is 0 Å². The molecule has 0 aromatic carbocycles. The standard InChI is InChI=1S/C9H10F6OSi/c1-4-17(5-2,6-3)16-7(8(10,11)12)9(13,14)15/h4-7H,1-3H2. The number of hydrogen-bond acceptors (Lipinski definition) is 1. The monoisotopic (exact) mass is 276 g/mol. The summed E-state index contributed by atoms with van der Waals surface area (Å²) in [7, 11) is -3.65.